The third kappa shape index (κ3) is 5.60. The highest BCUT2D eigenvalue weighted by Gasteiger charge is 2.31. The first kappa shape index (κ1) is 17.3. The van der Waals surface area contributed by atoms with Crippen molar-refractivity contribution in [3.05, 3.63) is 29.3 Å². The summed E-state index contributed by atoms with van der Waals surface area (Å²) in [5, 5.41) is 20.2. The van der Waals surface area contributed by atoms with E-state index in [0.717, 1.165) is 12.1 Å². The van der Waals surface area contributed by atoms with Gasteiger partial charge >= 0.3 is 12.1 Å². The highest BCUT2D eigenvalue weighted by atomic mass is 19.4. The van der Waals surface area contributed by atoms with Gasteiger partial charge < -0.3 is 20.3 Å². The molecule has 0 aliphatic rings. The van der Waals surface area contributed by atoms with Crippen molar-refractivity contribution in [1.82, 2.24) is 0 Å². The third-order valence-electron chi connectivity index (χ3n) is 2.59. The van der Waals surface area contributed by atoms with Crippen molar-refractivity contribution in [3.8, 4) is 0 Å². The van der Waals surface area contributed by atoms with Crippen molar-refractivity contribution in [2.75, 3.05) is 31.7 Å². The molecule has 0 saturated carbocycles. The molecule has 1 aromatic rings. The molecule has 0 spiro atoms. The van der Waals surface area contributed by atoms with Crippen molar-refractivity contribution in [2.45, 2.75) is 12.6 Å². The van der Waals surface area contributed by atoms with E-state index < -0.39 is 23.3 Å². The topological polar surface area (TPSA) is 78.8 Å². The molecule has 0 aliphatic heterocycles. The van der Waals surface area contributed by atoms with E-state index in [9.17, 15) is 18.0 Å². The highest BCUT2D eigenvalue weighted by Crippen LogP contribution is 2.31. The lowest BCUT2D eigenvalue weighted by atomic mass is 10.1. The minimum Gasteiger partial charge on any atom is -0.478 e. The second-order valence-corrected chi connectivity index (χ2v) is 4.18. The first-order valence-corrected chi connectivity index (χ1v) is 6.23. The number of halogens is 3. The minimum absolute atomic E-state index is 0.0878. The smallest absolute Gasteiger partial charge is 0.416 e. The summed E-state index contributed by atoms with van der Waals surface area (Å²) in [5.41, 5.74) is -1.31. The monoisotopic (exact) mass is 307 g/mol. The normalized spacial score (nSPS) is 11.4. The lowest BCUT2D eigenvalue weighted by molar-refractivity contribution is -0.137. The number of carbonyl (C=O) groups is 1. The molecular weight excluding hydrogens is 291 g/mol. The molecule has 1 aromatic carbocycles. The van der Waals surface area contributed by atoms with Crippen molar-refractivity contribution < 1.29 is 32.9 Å². The van der Waals surface area contributed by atoms with Gasteiger partial charge in [0.05, 0.1) is 24.3 Å². The zero-order chi connectivity index (χ0) is 15.9. The van der Waals surface area contributed by atoms with Crippen molar-refractivity contribution in [3.63, 3.8) is 0 Å². The van der Waals surface area contributed by atoms with Gasteiger partial charge in [-0.3, -0.25) is 0 Å². The minimum atomic E-state index is -4.58. The van der Waals surface area contributed by atoms with E-state index >= 15 is 0 Å². The fourth-order valence-electron chi connectivity index (χ4n) is 1.62. The number of nitrogens with one attached hydrogen (secondary N) is 1. The van der Waals surface area contributed by atoms with Crippen molar-refractivity contribution in [1.29, 1.82) is 0 Å². The molecule has 0 heterocycles. The molecule has 1 rings (SSSR count). The summed E-state index contributed by atoms with van der Waals surface area (Å²) >= 11 is 0. The van der Waals surface area contributed by atoms with Crippen LogP contribution in [0, 0.1) is 0 Å². The largest absolute Gasteiger partial charge is 0.478 e. The van der Waals surface area contributed by atoms with Crippen LogP contribution in [0.4, 0.5) is 18.9 Å². The number of alkyl halides is 3. The Morgan fingerprint density at radius 3 is 2.57 bits per heavy atom. The summed E-state index contributed by atoms with van der Waals surface area (Å²) in [6, 6.07) is 2.53. The number of benzene rings is 1. The van der Waals surface area contributed by atoms with Crippen LogP contribution in [-0.2, 0) is 10.9 Å². The molecule has 0 saturated heterocycles. The van der Waals surface area contributed by atoms with Crippen LogP contribution in [0.15, 0.2) is 18.2 Å². The molecule has 0 aliphatic carbocycles. The van der Waals surface area contributed by atoms with E-state index in [-0.39, 0.29) is 18.9 Å². The maximum Gasteiger partial charge on any atom is 0.416 e. The summed E-state index contributed by atoms with van der Waals surface area (Å²) in [4.78, 5) is 11.0. The number of hydrogen-bond donors (Lipinski definition) is 3. The first-order valence-electron chi connectivity index (χ1n) is 6.23. The average molecular weight is 307 g/mol. The van der Waals surface area contributed by atoms with Gasteiger partial charge in [-0.05, 0) is 24.6 Å². The predicted molar refractivity (Wildman–Crippen MR) is 69.4 cm³/mol. The number of aliphatic hydroxyl groups excluding tert-OH is 1. The van der Waals surface area contributed by atoms with Crippen molar-refractivity contribution >= 4 is 11.7 Å². The molecule has 0 unspecified atom stereocenters. The summed E-state index contributed by atoms with van der Waals surface area (Å²) in [5.74, 6) is -1.43. The van der Waals surface area contributed by atoms with Crippen LogP contribution in [0.25, 0.3) is 0 Å². The number of hydrogen-bond acceptors (Lipinski definition) is 4. The predicted octanol–water partition coefficient (Wildman–Crippen LogP) is 2.21. The number of aromatic carboxylic acids is 1. The second-order valence-electron chi connectivity index (χ2n) is 4.18. The number of ether oxygens (including phenoxy) is 1. The third-order valence-corrected chi connectivity index (χ3v) is 2.59. The van der Waals surface area contributed by atoms with E-state index in [1.165, 1.54) is 0 Å². The van der Waals surface area contributed by atoms with E-state index in [0.29, 0.717) is 25.6 Å². The Balaban J connectivity index is 2.67. The van der Waals surface area contributed by atoms with Gasteiger partial charge in [0.15, 0.2) is 0 Å². The molecule has 0 bridgehead atoms. The molecule has 0 radical (unpaired) electrons. The SMILES string of the molecule is O=C(O)c1cc(C(F)(F)F)ccc1NCCCOCCO. The summed E-state index contributed by atoms with van der Waals surface area (Å²) in [7, 11) is 0. The Kier molecular flexibility index (Phi) is 6.44. The molecule has 21 heavy (non-hydrogen) atoms. The highest BCUT2D eigenvalue weighted by molar-refractivity contribution is 5.94. The number of anilines is 1. The lowest BCUT2D eigenvalue weighted by Gasteiger charge is -2.13. The Bertz CT molecular complexity index is 477. The molecule has 118 valence electrons. The van der Waals surface area contributed by atoms with E-state index in [1.807, 2.05) is 0 Å². The summed E-state index contributed by atoms with van der Waals surface area (Å²) in [6.07, 6.45) is -4.05. The number of carboxylic acids is 1. The molecule has 0 atom stereocenters. The zero-order valence-electron chi connectivity index (χ0n) is 11.1. The standard InChI is InChI=1S/C13H16F3NO4/c14-13(15,16)9-2-3-11(10(8-9)12(19)20)17-4-1-6-21-7-5-18/h2-3,8,17-18H,1,4-7H2,(H,19,20). The van der Waals surface area contributed by atoms with Crippen LogP contribution in [0.1, 0.15) is 22.3 Å². The Labute approximate surface area is 119 Å². The Morgan fingerprint density at radius 2 is 2.00 bits per heavy atom. The molecule has 0 fully saturated rings. The number of rotatable bonds is 8. The maximum atomic E-state index is 12.5. The maximum absolute atomic E-state index is 12.5. The summed E-state index contributed by atoms with van der Waals surface area (Å²) in [6.45, 7) is 0.823. The first-order chi connectivity index (χ1) is 9.86. The van der Waals surface area contributed by atoms with Crippen LogP contribution in [-0.4, -0.2) is 42.5 Å². The van der Waals surface area contributed by atoms with Gasteiger partial charge in [-0.2, -0.15) is 13.2 Å². The van der Waals surface area contributed by atoms with Crippen LogP contribution in [0.2, 0.25) is 0 Å². The second kappa shape index (κ2) is 7.84. The van der Waals surface area contributed by atoms with Gasteiger partial charge in [-0.25, -0.2) is 4.79 Å². The van der Waals surface area contributed by atoms with Gasteiger partial charge in [0.1, 0.15) is 0 Å². The molecule has 3 N–H and O–H groups in total. The van der Waals surface area contributed by atoms with Crippen LogP contribution in [0.5, 0.6) is 0 Å². The molecule has 0 amide bonds. The lowest BCUT2D eigenvalue weighted by Crippen LogP contribution is -2.13. The molecular formula is C13H16F3NO4. The van der Waals surface area contributed by atoms with Crippen LogP contribution >= 0.6 is 0 Å². The van der Waals surface area contributed by atoms with Crippen molar-refractivity contribution in [2.24, 2.45) is 0 Å². The summed E-state index contributed by atoms with van der Waals surface area (Å²) < 4.78 is 42.6. The van der Waals surface area contributed by atoms with Gasteiger partial charge in [-0.1, -0.05) is 0 Å². The Morgan fingerprint density at radius 1 is 1.29 bits per heavy atom. The van der Waals surface area contributed by atoms with E-state index in [2.05, 4.69) is 5.32 Å². The molecule has 8 heteroatoms. The average Bonchev–Trinajstić information content (AvgIpc) is 2.41. The zero-order valence-corrected chi connectivity index (χ0v) is 11.1. The van der Waals surface area contributed by atoms with E-state index in [4.69, 9.17) is 14.9 Å². The molecule has 5 nitrogen and oxygen atoms in total. The number of carboxylic acid groups (broad SMARTS) is 1. The van der Waals surface area contributed by atoms with Crippen LogP contribution in [0.3, 0.4) is 0 Å². The fraction of sp³-hybridized carbons (Fsp3) is 0.462. The van der Waals surface area contributed by atoms with E-state index in [1.54, 1.807) is 0 Å². The van der Waals surface area contributed by atoms with Crippen LogP contribution < -0.4 is 5.32 Å². The number of aliphatic hydroxyl groups is 1. The van der Waals surface area contributed by atoms with Gasteiger partial charge in [-0.15, -0.1) is 0 Å². The van der Waals surface area contributed by atoms with Gasteiger partial charge in [0, 0.05) is 18.8 Å². The fourth-order valence-corrected chi connectivity index (χ4v) is 1.62. The Hall–Kier alpha value is -1.80. The quantitative estimate of drug-likeness (QED) is 0.642. The molecule has 0 aromatic heterocycles. The van der Waals surface area contributed by atoms with Gasteiger partial charge in [0.25, 0.3) is 0 Å². The van der Waals surface area contributed by atoms with Gasteiger partial charge in [0.2, 0.25) is 0 Å².